The van der Waals surface area contributed by atoms with Crippen LogP contribution in [-0.4, -0.2) is 77.8 Å². The van der Waals surface area contributed by atoms with Crippen LogP contribution in [-0.2, 0) is 28.5 Å². The van der Waals surface area contributed by atoms with Crippen LogP contribution >= 0.6 is 0 Å². The molecule has 2 rings (SSSR count). The van der Waals surface area contributed by atoms with Gasteiger partial charge in [-0.1, -0.05) is 26.2 Å². The van der Waals surface area contributed by atoms with Crippen LogP contribution in [0.15, 0.2) is 0 Å². The molecule has 2 aliphatic heterocycles. The smallest absolute Gasteiger partial charge is 0.311 e. The second-order valence-corrected chi connectivity index (χ2v) is 6.65. The van der Waals surface area contributed by atoms with Gasteiger partial charge in [-0.3, -0.25) is 9.59 Å². The predicted octanol–water partition coefficient (Wildman–Crippen LogP) is 0.0629. The van der Waals surface area contributed by atoms with Gasteiger partial charge in [0.2, 0.25) is 6.29 Å². The molecule has 150 valence electrons. The zero-order chi connectivity index (χ0) is 19.1. The fraction of sp³-hybridized carbons (Fsp3) is 0.882. The molecule has 0 aliphatic carbocycles. The fourth-order valence-corrected chi connectivity index (χ4v) is 3.03. The Kier molecular flexibility index (Phi) is 8.23. The van der Waals surface area contributed by atoms with Crippen LogP contribution in [0.5, 0.6) is 0 Å². The first-order valence-corrected chi connectivity index (χ1v) is 9.07. The normalized spacial score (nSPS) is 34.6. The lowest BCUT2D eigenvalue weighted by Gasteiger charge is -2.42. The van der Waals surface area contributed by atoms with Crippen molar-refractivity contribution in [2.45, 2.75) is 69.7 Å². The molecule has 3 N–H and O–H groups in total. The Bertz CT molecular complexity index is 469. The number of carbonyl (C=O) groups is 2. The number of unbranched alkanes of at least 4 members (excludes halogenated alkanes) is 3. The lowest BCUT2D eigenvalue weighted by Crippen LogP contribution is -2.60. The molecule has 2 aliphatic rings. The summed E-state index contributed by atoms with van der Waals surface area (Å²) in [6.45, 7) is 1.27. The number of aliphatic hydroxyl groups excluding tert-OH is 2. The number of rotatable bonds is 8. The van der Waals surface area contributed by atoms with E-state index in [9.17, 15) is 19.8 Å². The molecule has 0 spiro atoms. The van der Waals surface area contributed by atoms with E-state index in [1.807, 2.05) is 0 Å². The minimum absolute atomic E-state index is 0.149. The topological polar surface area (TPSA) is 132 Å². The number of carbonyl (C=O) groups excluding carboxylic acids is 1. The Balaban J connectivity index is 2.01. The number of esters is 1. The minimum atomic E-state index is -1.22. The largest absolute Gasteiger partial charge is 0.481 e. The number of hydrogen-bond acceptors (Lipinski definition) is 8. The van der Waals surface area contributed by atoms with Crippen molar-refractivity contribution in [1.29, 1.82) is 0 Å². The molecule has 0 radical (unpaired) electrons. The van der Waals surface area contributed by atoms with Gasteiger partial charge >= 0.3 is 11.9 Å². The van der Waals surface area contributed by atoms with Gasteiger partial charge in [-0.05, 0) is 6.42 Å². The van der Waals surface area contributed by atoms with Gasteiger partial charge in [0.05, 0.1) is 19.8 Å². The van der Waals surface area contributed by atoms with Crippen molar-refractivity contribution in [1.82, 2.24) is 0 Å². The number of aliphatic hydroxyl groups is 2. The molecule has 6 atom stereocenters. The molecule has 0 aromatic carbocycles. The lowest BCUT2D eigenvalue weighted by molar-refractivity contribution is -0.301. The molecule has 0 aromatic heterocycles. The number of fused-ring (bicyclic) bond motifs is 1. The van der Waals surface area contributed by atoms with E-state index < -0.39 is 55.2 Å². The second kappa shape index (κ2) is 10.2. The summed E-state index contributed by atoms with van der Waals surface area (Å²) in [7, 11) is 0. The van der Waals surface area contributed by atoms with Gasteiger partial charge in [0.1, 0.15) is 30.3 Å². The highest BCUT2D eigenvalue weighted by Gasteiger charge is 2.50. The summed E-state index contributed by atoms with van der Waals surface area (Å²) in [6.07, 6.45) is -1.41. The molecule has 2 fully saturated rings. The van der Waals surface area contributed by atoms with Crippen LogP contribution in [0.2, 0.25) is 0 Å². The predicted molar refractivity (Wildman–Crippen MR) is 87.2 cm³/mol. The number of carboxylic acids is 1. The van der Waals surface area contributed by atoms with Gasteiger partial charge < -0.3 is 34.3 Å². The molecule has 0 aromatic rings. The summed E-state index contributed by atoms with van der Waals surface area (Å²) < 4.78 is 21.9. The van der Waals surface area contributed by atoms with Crippen LogP contribution in [0.1, 0.15) is 39.0 Å². The molecule has 0 saturated carbocycles. The highest BCUT2D eigenvalue weighted by molar-refractivity contribution is 5.70. The van der Waals surface area contributed by atoms with Crippen LogP contribution < -0.4 is 0 Å². The van der Waals surface area contributed by atoms with E-state index in [1.54, 1.807) is 0 Å². The van der Waals surface area contributed by atoms with Crippen molar-refractivity contribution in [2.24, 2.45) is 5.92 Å². The van der Waals surface area contributed by atoms with Gasteiger partial charge in [-0.15, -0.1) is 0 Å². The fourth-order valence-electron chi connectivity index (χ4n) is 3.03. The molecule has 2 saturated heterocycles. The number of ether oxygens (including phenoxy) is 4. The summed E-state index contributed by atoms with van der Waals surface area (Å²) >= 11 is 0. The Morgan fingerprint density at radius 1 is 1.12 bits per heavy atom. The zero-order valence-electron chi connectivity index (χ0n) is 14.9. The van der Waals surface area contributed by atoms with Gasteiger partial charge in [0, 0.05) is 6.42 Å². The Hall–Kier alpha value is -1.26. The Morgan fingerprint density at radius 3 is 2.42 bits per heavy atom. The van der Waals surface area contributed by atoms with E-state index in [0.717, 1.165) is 19.3 Å². The maximum absolute atomic E-state index is 12.1. The summed E-state index contributed by atoms with van der Waals surface area (Å²) in [5.41, 5.74) is 0. The molecule has 2 heterocycles. The molecule has 26 heavy (non-hydrogen) atoms. The van der Waals surface area contributed by atoms with Crippen LogP contribution in [0, 0.1) is 5.92 Å². The first kappa shape index (κ1) is 21.0. The monoisotopic (exact) mass is 376 g/mol. The van der Waals surface area contributed by atoms with E-state index in [1.165, 1.54) is 0 Å². The minimum Gasteiger partial charge on any atom is -0.481 e. The number of hydrogen-bond donors (Lipinski definition) is 3. The maximum atomic E-state index is 12.1. The molecular weight excluding hydrogens is 348 g/mol. The average Bonchev–Trinajstić information content (AvgIpc) is 2.85. The summed E-state index contributed by atoms with van der Waals surface area (Å²) in [5, 5.41) is 28.8. The number of carboxylic acid groups (broad SMARTS) is 1. The SMILES string of the molecule is CCCCCCC(=O)O[C@H]1O[C@@H](CO)[C@@H](O)[C@H]2OC[C@H](C(=O)O)CO[C@H]12. The molecule has 9 nitrogen and oxygen atoms in total. The lowest BCUT2D eigenvalue weighted by atomic mass is 9.99. The van der Waals surface area contributed by atoms with E-state index in [2.05, 4.69) is 6.92 Å². The molecular formula is C17H28O9. The van der Waals surface area contributed by atoms with Crippen LogP contribution in [0.3, 0.4) is 0 Å². The maximum Gasteiger partial charge on any atom is 0.311 e. The Morgan fingerprint density at radius 2 is 1.81 bits per heavy atom. The van der Waals surface area contributed by atoms with Crippen molar-refractivity contribution in [2.75, 3.05) is 19.8 Å². The summed E-state index contributed by atoms with van der Waals surface area (Å²) in [4.78, 5) is 23.2. The second-order valence-electron chi connectivity index (χ2n) is 6.65. The van der Waals surface area contributed by atoms with E-state index in [0.29, 0.717) is 6.42 Å². The Labute approximate surface area is 152 Å². The van der Waals surface area contributed by atoms with Crippen molar-refractivity contribution in [3.8, 4) is 0 Å². The van der Waals surface area contributed by atoms with E-state index in [-0.39, 0.29) is 19.6 Å². The highest BCUT2D eigenvalue weighted by atomic mass is 16.7. The van der Waals surface area contributed by atoms with Crippen LogP contribution in [0.4, 0.5) is 0 Å². The van der Waals surface area contributed by atoms with Crippen molar-refractivity contribution in [3.63, 3.8) is 0 Å². The molecule has 0 bridgehead atoms. The first-order valence-electron chi connectivity index (χ1n) is 9.07. The highest BCUT2D eigenvalue weighted by Crippen LogP contribution is 2.30. The first-order chi connectivity index (χ1) is 12.5. The van der Waals surface area contributed by atoms with Crippen molar-refractivity contribution in [3.05, 3.63) is 0 Å². The summed E-state index contributed by atoms with van der Waals surface area (Å²) in [5.74, 6) is -2.45. The van der Waals surface area contributed by atoms with E-state index >= 15 is 0 Å². The van der Waals surface area contributed by atoms with Gasteiger partial charge in [-0.25, -0.2) is 0 Å². The average molecular weight is 376 g/mol. The third-order valence-electron chi connectivity index (χ3n) is 4.61. The third-order valence-corrected chi connectivity index (χ3v) is 4.61. The van der Waals surface area contributed by atoms with Gasteiger partial charge in [0.25, 0.3) is 0 Å². The number of aliphatic carboxylic acids is 1. The quantitative estimate of drug-likeness (QED) is 0.397. The zero-order valence-corrected chi connectivity index (χ0v) is 14.9. The molecule has 9 heteroatoms. The van der Waals surface area contributed by atoms with Crippen LogP contribution in [0.25, 0.3) is 0 Å². The van der Waals surface area contributed by atoms with Gasteiger partial charge in [0.15, 0.2) is 0 Å². The van der Waals surface area contributed by atoms with Crippen molar-refractivity contribution < 1.29 is 43.9 Å². The molecule has 0 unspecified atom stereocenters. The molecule has 0 amide bonds. The third kappa shape index (κ3) is 5.37. The summed E-state index contributed by atoms with van der Waals surface area (Å²) in [6, 6.07) is 0. The standard InChI is InChI=1S/C17H28O9/c1-2-3-4-5-6-12(19)26-17-15-14(13(20)11(7-18)25-17)23-8-10(9-24-15)16(21)22/h10-11,13-15,17-18,20H,2-9H2,1H3,(H,21,22)/t10-,11-,13+,14+,15-,17+/m0/s1. The van der Waals surface area contributed by atoms with E-state index in [4.69, 9.17) is 24.1 Å². The van der Waals surface area contributed by atoms with Gasteiger partial charge in [-0.2, -0.15) is 0 Å². The van der Waals surface area contributed by atoms with Crippen molar-refractivity contribution >= 4 is 11.9 Å².